The molecule has 0 fully saturated rings. The molecule has 1 unspecified atom stereocenters. The fourth-order valence-corrected chi connectivity index (χ4v) is 3.50. The lowest BCUT2D eigenvalue weighted by atomic mass is 9.91. The Bertz CT molecular complexity index is 1030. The topological polar surface area (TPSA) is 139 Å². The van der Waals surface area contributed by atoms with E-state index in [4.69, 9.17) is 25.1 Å². The van der Waals surface area contributed by atoms with Crippen LogP contribution in [0.15, 0.2) is 18.2 Å². The summed E-state index contributed by atoms with van der Waals surface area (Å²) in [7, 11) is 1.58. The summed E-state index contributed by atoms with van der Waals surface area (Å²) in [5.74, 6) is 1.42. The van der Waals surface area contributed by atoms with Crippen LogP contribution < -0.4 is 15.2 Å². The fourth-order valence-electron chi connectivity index (χ4n) is 3.50. The lowest BCUT2D eigenvalue weighted by Crippen LogP contribution is -2.35. The first-order valence-corrected chi connectivity index (χ1v) is 10.2. The van der Waals surface area contributed by atoms with Gasteiger partial charge in [-0.15, -0.1) is 0 Å². The third-order valence-electron chi connectivity index (χ3n) is 5.29. The molecule has 32 heavy (non-hydrogen) atoms. The van der Waals surface area contributed by atoms with E-state index in [1.165, 1.54) is 0 Å². The smallest absolute Gasteiger partial charge is 0.290 e. The van der Waals surface area contributed by atoms with Crippen molar-refractivity contribution >= 4 is 18.2 Å². The predicted molar refractivity (Wildman–Crippen MR) is 119 cm³/mol. The summed E-state index contributed by atoms with van der Waals surface area (Å²) in [6.45, 7) is 6.33. The van der Waals surface area contributed by atoms with Gasteiger partial charge in [0.2, 0.25) is 5.91 Å². The summed E-state index contributed by atoms with van der Waals surface area (Å²) in [4.78, 5) is 26.5. The SMILES string of the molecule is CCC(C)Oc1ccc(-c2c(C#N)c(N)nc3c2CN(C(C)=O)CC3)cc1OC.O=CO. The lowest BCUT2D eigenvalue weighted by Gasteiger charge is -2.30. The molecule has 0 spiro atoms. The van der Waals surface area contributed by atoms with E-state index < -0.39 is 0 Å². The third-order valence-corrected chi connectivity index (χ3v) is 5.29. The molecule has 9 nitrogen and oxygen atoms in total. The second kappa shape index (κ2) is 11.0. The van der Waals surface area contributed by atoms with Crippen molar-refractivity contribution in [2.45, 2.75) is 46.3 Å². The number of anilines is 1. The summed E-state index contributed by atoms with van der Waals surface area (Å²) in [6, 6.07) is 7.77. The van der Waals surface area contributed by atoms with E-state index in [1.807, 2.05) is 25.1 Å². The van der Waals surface area contributed by atoms with Crippen LogP contribution in [0.3, 0.4) is 0 Å². The van der Waals surface area contributed by atoms with Crippen molar-refractivity contribution in [2.75, 3.05) is 19.4 Å². The van der Waals surface area contributed by atoms with Crippen LogP contribution in [0.25, 0.3) is 11.1 Å². The van der Waals surface area contributed by atoms with E-state index in [9.17, 15) is 10.1 Å². The molecule has 0 saturated carbocycles. The van der Waals surface area contributed by atoms with Gasteiger partial charge in [0, 0.05) is 37.6 Å². The van der Waals surface area contributed by atoms with Gasteiger partial charge in [-0.2, -0.15) is 5.26 Å². The van der Waals surface area contributed by atoms with Gasteiger partial charge in [0.15, 0.2) is 11.5 Å². The molecule has 1 aliphatic heterocycles. The summed E-state index contributed by atoms with van der Waals surface area (Å²) in [5, 5.41) is 16.7. The van der Waals surface area contributed by atoms with Crippen molar-refractivity contribution in [3.63, 3.8) is 0 Å². The molecule has 9 heteroatoms. The second-order valence-corrected chi connectivity index (χ2v) is 7.28. The van der Waals surface area contributed by atoms with Gasteiger partial charge in [-0.3, -0.25) is 9.59 Å². The molecule has 3 N–H and O–H groups in total. The second-order valence-electron chi connectivity index (χ2n) is 7.28. The van der Waals surface area contributed by atoms with E-state index in [0.29, 0.717) is 42.1 Å². The van der Waals surface area contributed by atoms with Crippen LogP contribution >= 0.6 is 0 Å². The summed E-state index contributed by atoms with van der Waals surface area (Å²) >= 11 is 0. The molecule has 0 saturated heterocycles. The number of aromatic nitrogens is 1. The van der Waals surface area contributed by atoms with Crippen molar-refractivity contribution in [2.24, 2.45) is 0 Å². The average Bonchev–Trinajstić information content (AvgIpc) is 2.78. The summed E-state index contributed by atoms with van der Waals surface area (Å²) in [5.41, 5.74) is 9.58. The normalized spacial score (nSPS) is 13.0. The van der Waals surface area contributed by atoms with Crippen LogP contribution in [0, 0.1) is 11.3 Å². The number of carbonyl (C=O) groups excluding carboxylic acids is 1. The van der Waals surface area contributed by atoms with Crippen molar-refractivity contribution in [3.05, 3.63) is 35.0 Å². The highest BCUT2D eigenvalue weighted by atomic mass is 16.5. The minimum Gasteiger partial charge on any atom is -0.493 e. The number of carboxylic acid groups (broad SMARTS) is 1. The number of pyridine rings is 1. The number of ether oxygens (including phenoxy) is 2. The number of amides is 1. The number of rotatable bonds is 5. The van der Waals surface area contributed by atoms with E-state index >= 15 is 0 Å². The lowest BCUT2D eigenvalue weighted by molar-refractivity contribution is -0.129. The van der Waals surface area contributed by atoms with Gasteiger partial charge < -0.3 is 25.2 Å². The standard InChI is InChI=1S/C22H26N4O3.CH2O2/c1-5-13(2)29-19-7-6-15(10-20(19)28-4)21-16(11-23)22(24)25-18-8-9-26(14(3)27)12-17(18)21;2-1-3/h6-7,10,13H,5,8-9,12H2,1-4H3,(H2,24,25);1H,(H,2,3). The van der Waals surface area contributed by atoms with Crippen molar-refractivity contribution in [1.29, 1.82) is 5.26 Å². The first-order valence-electron chi connectivity index (χ1n) is 10.2. The zero-order valence-electron chi connectivity index (χ0n) is 18.7. The average molecular weight is 441 g/mol. The number of carbonyl (C=O) groups is 2. The first kappa shape index (κ1) is 24.5. The fraction of sp³-hybridized carbons (Fsp3) is 0.391. The van der Waals surface area contributed by atoms with Crippen LogP contribution in [0.1, 0.15) is 44.0 Å². The number of nitrogens with two attached hydrogens (primary N) is 1. The Morgan fingerprint density at radius 3 is 2.69 bits per heavy atom. The van der Waals surface area contributed by atoms with E-state index in [2.05, 4.69) is 18.0 Å². The molecule has 1 aliphatic rings. The van der Waals surface area contributed by atoms with E-state index in [-0.39, 0.29) is 24.3 Å². The van der Waals surface area contributed by atoms with Crippen LogP contribution in [0.5, 0.6) is 11.5 Å². The predicted octanol–water partition coefficient (Wildman–Crippen LogP) is 2.99. The van der Waals surface area contributed by atoms with Crippen LogP contribution in [0.4, 0.5) is 5.82 Å². The monoisotopic (exact) mass is 440 g/mol. The molecular formula is C23H28N4O5. The Balaban J connectivity index is 0.00000114. The highest BCUT2D eigenvalue weighted by Gasteiger charge is 2.27. The quantitative estimate of drug-likeness (QED) is 0.677. The zero-order chi connectivity index (χ0) is 23.8. The molecule has 3 rings (SSSR count). The Labute approximate surface area is 187 Å². The Kier molecular flexibility index (Phi) is 8.41. The molecule has 1 amide bonds. The largest absolute Gasteiger partial charge is 0.493 e. The molecule has 1 aromatic heterocycles. The molecule has 2 heterocycles. The molecule has 0 aliphatic carbocycles. The van der Waals surface area contributed by atoms with Crippen molar-refractivity contribution < 1.29 is 24.2 Å². The number of nitrogens with zero attached hydrogens (tertiary/aromatic N) is 3. The van der Waals surface area contributed by atoms with Crippen molar-refractivity contribution in [3.8, 4) is 28.7 Å². The van der Waals surface area contributed by atoms with Gasteiger partial charge in [0.05, 0.1) is 18.9 Å². The summed E-state index contributed by atoms with van der Waals surface area (Å²) in [6.07, 6.45) is 1.53. The minimum atomic E-state index is -0.250. The highest BCUT2D eigenvalue weighted by Crippen LogP contribution is 2.39. The minimum absolute atomic E-state index is 0.00758. The Hall–Kier alpha value is -3.80. The molecule has 2 aromatic rings. The Morgan fingerprint density at radius 1 is 1.44 bits per heavy atom. The van der Waals surface area contributed by atoms with Gasteiger partial charge >= 0.3 is 0 Å². The maximum absolute atomic E-state index is 11.9. The third kappa shape index (κ3) is 5.27. The van der Waals surface area contributed by atoms with E-state index in [0.717, 1.165) is 23.2 Å². The number of hydrogen-bond acceptors (Lipinski definition) is 7. The van der Waals surface area contributed by atoms with Gasteiger partial charge in [-0.1, -0.05) is 13.0 Å². The summed E-state index contributed by atoms with van der Waals surface area (Å²) < 4.78 is 11.5. The van der Waals surface area contributed by atoms with Gasteiger partial charge in [-0.05, 0) is 31.0 Å². The highest BCUT2D eigenvalue weighted by molar-refractivity contribution is 5.82. The number of methoxy groups -OCH3 is 1. The molecule has 1 atom stereocenters. The first-order chi connectivity index (χ1) is 15.3. The molecule has 0 radical (unpaired) electrons. The van der Waals surface area contributed by atoms with Gasteiger partial charge in [-0.25, -0.2) is 4.98 Å². The van der Waals surface area contributed by atoms with E-state index in [1.54, 1.807) is 18.9 Å². The Morgan fingerprint density at radius 2 is 2.12 bits per heavy atom. The number of nitriles is 1. The molecule has 170 valence electrons. The number of nitrogen functional groups attached to an aromatic ring is 1. The maximum Gasteiger partial charge on any atom is 0.290 e. The van der Waals surface area contributed by atoms with Crippen LogP contribution in [-0.4, -0.2) is 47.1 Å². The van der Waals surface area contributed by atoms with Gasteiger partial charge in [0.25, 0.3) is 6.47 Å². The maximum atomic E-state index is 11.9. The van der Waals surface area contributed by atoms with Crippen molar-refractivity contribution in [1.82, 2.24) is 9.88 Å². The van der Waals surface area contributed by atoms with Crippen LogP contribution in [-0.2, 0) is 22.6 Å². The number of benzene rings is 1. The molecular weight excluding hydrogens is 412 g/mol. The van der Waals surface area contributed by atoms with Gasteiger partial charge in [0.1, 0.15) is 17.5 Å². The van der Waals surface area contributed by atoms with Crippen LogP contribution in [0.2, 0.25) is 0 Å². The zero-order valence-corrected chi connectivity index (χ0v) is 18.7. The molecule has 1 aromatic carbocycles. The number of hydrogen-bond donors (Lipinski definition) is 2. The number of fused-ring (bicyclic) bond motifs is 1. The molecule has 0 bridgehead atoms.